The second kappa shape index (κ2) is 7.45. The van der Waals surface area contributed by atoms with Crippen molar-refractivity contribution in [1.29, 1.82) is 5.26 Å². The van der Waals surface area contributed by atoms with Crippen LogP contribution in [0.4, 0.5) is 5.00 Å². The number of hydrogen-bond donors (Lipinski definition) is 3. The van der Waals surface area contributed by atoms with Gasteiger partial charge in [-0.15, -0.1) is 11.3 Å². The molecule has 2 unspecified atom stereocenters. The molecule has 2 aromatic rings. The summed E-state index contributed by atoms with van der Waals surface area (Å²) in [4.78, 5) is 13.7. The number of hydrogen-bond acceptors (Lipinski definition) is 5. The van der Waals surface area contributed by atoms with Gasteiger partial charge in [0.15, 0.2) is 11.1 Å². The minimum Gasteiger partial charge on any atom is -0.316 e. The van der Waals surface area contributed by atoms with Gasteiger partial charge in [-0.2, -0.15) is 5.26 Å². The molecule has 0 spiro atoms. The summed E-state index contributed by atoms with van der Waals surface area (Å²) in [6.07, 6.45) is 0.991. The van der Waals surface area contributed by atoms with E-state index in [0.717, 1.165) is 22.4 Å². The number of rotatable bonds is 4. The topological polar surface area (TPSA) is 102 Å². The second-order valence-corrected chi connectivity index (χ2v) is 8.00. The van der Waals surface area contributed by atoms with Crippen LogP contribution in [0, 0.1) is 11.3 Å². The van der Waals surface area contributed by atoms with Gasteiger partial charge < -0.3 is 15.2 Å². The van der Waals surface area contributed by atoms with Crippen LogP contribution < -0.4 is 10.6 Å². The second-order valence-electron chi connectivity index (χ2n) is 5.92. The standard InChI is InChI=1S/C17H17N3O3S2/c1-10-6-15-14(9-19-10)13(8-18)17(24-15)20-16(21)7-11-2-4-12(5-3-11)25(22)23/h2-5,10,19H,6-7,9H2,1H3,(H,20,21)(H,22,23). The molecule has 0 fully saturated rings. The SMILES string of the molecule is CC1Cc2sc(NC(=O)Cc3ccc(S(=O)O)cc3)c(C#N)c2CN1. The molecular formula is C17H17N3O3S2. The van der Waals surface area contributed by atoms with Gasteiger partial charge in [0.2, 0.25) is 5.91 Å². The molecule has 2 atom stereocenters. The molecule has 3 rings (SSSR count). The number of amides is 1. The molecule has 0 bridgehead atoms. The third-order valence-electron chi connectivity index (χ3n) is 4.06. The maximum absolute atomic E-state index is 12.3. The fourth-order valence-electron chi connectivity index (χ4n) is 2.78. The van der Waals surface area contributed by atoms with E-state index in [1.807, 2.05) is 0 Å². The van der Waals surface area contributed by atoms with E-state index in [9.17, 15) is 14.3 Å². The van der Waals surface area contributed by atoms with Gasteiger partial charge in [-0.1, -0.05) is 12.1 Å². The molecule has 1 aromatic carbocycles. The Bertz CT molecular complexity index is 868. The monoisotopic (exact) mass is 375 g/mol. The Balaban J connectivity index is 1.73. The van der Waals surface area contributed by atoms with Crippen molar-refractivity contribution in [2.75, 3.05) is 5.32 Å². The van der Waals surface area contributed by atoms with Gasteiger partial charge in [-0.3, -0.25) is 4.79 Å². The van der Waals surface area contributed by atoms with Crippen LogP contribution in [-0.2, 0) is 35.3 Å². The molecular weight excluding hydrogens is 358 g/mol. The molecule has 3 N–H and O–H groups in total. The van der Waals surface area contributed by atoms with E-state index in [-0.39, 0.29) is 12.3 Å². The highest BCUT2D eigenvalue weighted by molar-refractivity contribution is 7.79. The van der Waals surface area contributed by atoms with E-state index >= 15 is 0 Å². The van der Waals surface area contributed by atoms with E-state index in [4.69, 9.17) is 4.55 Å². The molecule has 25 heavy (non-hydrogen) atoms. The molecule has 2 heterocycles. The van der Waals surface area contributed by atoms with Gasteiger partial charge in [0.1, 0.15) is 11.1 Å². The quantitative estimate of drug-likeness (QED) is 0.712. The lowest BCUT2D eigenvalue weighted by Gasteiger charge is -2.19. The van der Waals surface area contributed by atoms with Crippen LogP contribution in [-0.4, -0.2) is 20.7 Å². The van der Waals surface area contributed by atoms with Gasteiger partial charge >= 0.3 is 0 Å². The van der Waals surface area contributed by atoms with Crippen molar-refractivity contribution in [2.24, 2.45) is 0 Å². The van der Waals surface area contributed by atoms with Crippen molar-refractivity contribution in [2.45, 2.75) is 37.2 Å². The minimum absolute atomic E-state index is 0.139. The molecule has 0 aliphatic carbocycles. The minimum atomic E-state index is -2.03. The van der Waals surface area contributed by atoms with Gasteiger partial charge in [0.05, 0.1) is 16.9 Å². The molecule has 0 saturated heterocycles. The molecule has 1 aliphatic heterocycles. The van der Waals surface area contributed by atoms with Crippen molar-refractivity contribution >= 4 is 33.3 Å². The van der Waals surface area contributed by atoms with E-state index in [1.165, 1.54) is 23.5 Å². The highest BCUT2D eigenvalue weighted by atomic mass is 32.2. The number of carbonyl (C=O) groups excluding carboxylic acids is 1. The predicted molar refractivity (Wildman–Crippen MR) is 96.9 cm³/mol. The lowest BCUT2D eigenvalue weighted by molar-refractivity contribution is -0.115. The number of nitrogens with one attached hydrogen (secondary N) is 2. The van der Waals surface area contributed by atoms with Crippen molar-refractivity contribution in [3.05, 3.63) is 45.8 Å². The third kappa shape index (κ3) is 3.96. The number of nitrogens with zero attached hydrogens (tertiary/aromatic N) is 1. The molecule has 1 aliphatic rings. The summed E-state index contributed by atoms with van der Waals surface area (Å²) < 4.78 is 20.0. The van der Waals surface area contributed by atoms with Crippen molar-refractivity contribution < 1.29 is 13.6 Å². The molecule has 8 heteroatoms. The normalized spacial score (nSPS) is 17.4. The lowest BCUT2D eigenvalue weighted by atomic mass is 10.0. The average molecular weight is 375 g/mol. The zero-order valence-electron chi connectivity index (χ0n) is 13.5. The van der Waals surface area contributed by atoms with Gasteiger partial charge in [-0.25, -0.2) is 4.21 Å². The van der Waals surface area contributed by atoms with Crippen LogP contribution in [0.2, 0.25) is 0 Å². The van der Waals surface area contributed by atoms with Crippen LogP contribution >= 0.6 is 11.3 Å². The lowest BCUT2D eigenvalue weighted by Crippen LogP contribution is -2.32. The van der Waals surface area contributed by atoms with Crippen LogP contribution in [0.3, 0.4) is 0 Å². The third-order valence-corrected chi connectivity index (χ3v) is 5.91. The van der Waals surface area contributed by atoms with Crippen molar-refractivity contribution in [1.82, 2.24) is 5.32 Å². The Labute approximate surface area is 152 Å². The van der Waals surface area contributed by atoms with Gasteiger partial charge in [0.25, 0.3) is 0 Å². The number of nitriles is 1. The Kier molecular flexibility index (Phi) is 5.30. The maximum Gasteiger partial charge on any atom is 0.229 e. The highest BCUT2D eigenvalue weighted by Crippen LogP contribution is 2.35. The summed E-state index contributed by atoms with van der Waals surface area (Å²) in [5.74, 6) is -0.214. The first-order valence-electron chi connectivity index (χ1n) is 7.75. The predicted octanol–water partition coefficient (Wildman–Crippen LogP) is 2.42. The molecule has 130 valence electrons. The maximum atomic E-state index is 12.3. The summed E-state index contributed by atoms with van der Waals surface area (Å²) in [6.45, 7) is 2.74. The first-order chi connectivity index (χ1) is 12.0. The average Bonchev–Trinajstić information content (AvgIpc) is 2.90. The number of benzene rings is 1. The van der Waals surface area contributed by atoms with Gasteiger partial charge in [-0.05, 0) is 36.6 Å². The fraction of sp³-hybridized carbons (Fsp3) is 0.294. The Morgan fingerprint density at radius 2 is 2.20 bits per heavy atom. The van der Waals surface area contributed by atoms with Crippen LogP contribution in [0.25, 0.3) is 0 Å². The number of anilines is 1. The summed E-state index contributed by atoms with van der Waals surface area (Å²) in [5, 5.41) is 16.2. The summed E-state index contributed by atoms with van der Waals surface area (Å²) in [5.41, 5.74) is 2.26. The number of carbonyl (C=O) groups is 1. The Morgan fingerprint density at radius 1 is 1.48 bits per heavy atom. The highest BCUT2D eigenvalue weighted by Gasteiger charge is 2.24. The largest absolute Gasteiger partial charge is 0.316 e. The summed E-state index contributed by atoms with van der Waals surface area (Å²) in [7, 11) is 0. The first kappa shape index (κ1) is 17.8. The fourth-order valence-corrected chi connectivity index (χ4v) is 4.46. The zero-order chi connectivity index (χ0) is 18.0. The summed E-state index contributed by atoms with van der Waals surface area (Å²) in [6, 6.07) is 8.91. The van der Waals surface area contributed by atoms with Crippen LogP contribution in [0.1, 0.15) is 28.5 Å². The van der Waals surface area contributed by atoms with Crippen LogP contribution in [0.5, 0.6) is 0 Å². The van der Waals surface area contributed by atoms with Gasteiger partial charge in [0, 0.05) is 17.5 Å². The van der Waals surface area contributed by atoms with Crippen molar-refractivity contribution in [3.8, 4) is 6.07 Å². The van der Waals surface area contributed by atoms with E-state index in [1.54, 1.807) is 12.1 Å². The van der Waals surface area contributed by atoms with Crippen molar-refractivity contribution in [3.63, 3.8) is 0 Å². The Hall–Kier alpha value is -2.05. The van der Waals surface area contributed by atoms with E-state index < -0.39 is 11.1 Å². The van der Waals surface area contributed by atoms with Crippen LogP contribution in [0.15, 0.2) is 29.2 Å². The van der Waals surface area contributed by atoms with E-state index in [2.05, 4.69) is 23.6 Å². The number of fused-ring (bicyclic) bond motifs is 1. The first-order valence-corrected chi connectivity index (χ1v) is 9.68. The Morgan fingerprint density at radius 3 is 2.84 bits per heavy atom. The number of thiophene rings is 1. The zero-order valence-corrected chi connectivity index (χ0v) is 15.2. The molecule has 6 nitrogen and oxygen atoms in total. The molecule has 1 aromatic heterocycles. The smallest absolute Gasteiger partial charge is 0.229 e. The summed E-state index contributed by atoms with van der Waals surface area (Å²) >= 11 is -0.558. The van der Waals surface area contributed by atoms with E-state index in [0.29, 0.717) is 28.0 Å². The molecule has 0 saturated carbocycles. The molecule has 0 radical (unpaired) electrons. The molecule has 1 amide bonds.